The molecule has 0 saturated carbocycles. The van der Waals surface area contributed by atoms with Crippen molar-refractivity contribution in [3.8, 4) is 6.07 Å². The normalized spacial score (nSPS) is 16.7. The maximum absolute atomic E-state index is 11.9. The largest absolute Gasteiger partial charge is 0.744 e. The Balaban J connectivity index is 0.000000328. The first-order chi connectivity index (χ1) is 16.4. The van der Waals surface area contributed by atoms with Crippen LogP contribution < -0.4 is 4.90 Å². The molecule has 0 bridgehead atoms. The van der Waals surface area contributed by atoms with Crippen LogP contribution in [0, 0.1) is 18.3 Å². The number of nitrogens with zero attached hydrogens (tertiary/aromatic N) is 4. The Hall–Kier alpha value is -3.78. The van der Waals surface area contributed by atoms with E-state index in [0.717, 1.165) is 11.3 Å². The van der Waals surface area contributed by atoms with Crippen molar-refractivity contribution in [2.24, 2.45) is 4.99 Å². The summed E-state index contributed by atoms with van der Waals surface area (Å²) in [5.74, 6) is -0.519. The van der Waals surface area contributed by atoms with E-state index in [1.54, 1.807) is 24.7 Å². The van der Waals surface area contributed by atoms with Gasteiger partial charge >= 0.3 is 5.97 Å². The fraction of sp³-hybridized carbons (Fsp3) is 0.240. The second-order valence-corrected chi connectivity index (χ2v) is 9.56. The Labute approximate surface area is 206 Å². The van der Waals surface area contributed by atoms with Crippen molar-refractivity contribution in [3.05, 3.63) is 78.1 Å². The van der Waals surface area contributed by atoms with Gasteiger partial charge < -0.3 is 14.2 Å². The molecule has 1 aliphatic heterocycles. The van der Waals surface area contributed by atoms with Gasteiger partial charge in [-0.3, -0.25) is 4.48 Å². The van der Waals surface area contributed by atoms with Crippen LogP contribution in [0.1, 0.15) is 11.1 Å². The van der Waals surface area contributed by atoms with E-state index in [-0.39, 0.29) is 17.1 Å². The number of nitriles is 1. The van der Waals surface area contributed by atoms with Gasteiger partial charge in [0.25, 0.3) is 0 Å². The first-order valence-electron chi connectivity index (χ1n) is 10.6. The molecule has 1 unspecified atom stereocenters. The molecule has 184 valence electrons. The lowest BCUT2D eigenvalue weighted by Crippen LogP contribution is -2.38. The number of hydrogen-bond acceptors (Lipinski definition) is 8. The summed E-state index contributed by atoms with van der Waals surface area (Å²) in [7, 11) is 1.57. The summed E-state index contributed by atoms with van der Waals surface area (Å²) >= 11 is 0. The molecule has 10 heteroatoms. The number of carbonyl (C=O) groups excluding carboxylic acids is 1. The molecule has 1 heterocycles. The molecule has 0 saturated heterocycles. The molecule has 0 amide bonds. The molecule has 0 radical (unpaired) electrons. The Morgan fingerprint density at radius 3 is 2.29 bits per heavy atom. The zero-order chi connectivity index (χ0) is 26.1. The van der Waals surface area contributed by atoms with Crippen LogP contribution in [0.15, 0.2) is 76.9 Å². The van der Waals surface area contributed by atoms with E-state index < -0.39 is 16.1 Å². The topological polar surface area (TPSA) is 123 Å². The van der Waals surface area contributed by atoms with Crippen LogP contribution in [0.25, 0.3) is 5.57 Å². The summed E-state index contributed by atoms with van der Waals surface area (Å²) < 4.78 is 36.9. The minimum Gasteiger partial charge on any atom is -0.744 e. The van der Waals surface area contributed by atoms with Crippen molar-refractivity contribution in [2.45, 2.75) is 11.8 Å². The van der Waals surface area contributed by atoms with Crippen LogP contribution in [0.2, 0.25) is 0 Å². The summed E-state index contributed by atoms with van der Waals surface area (Å²) in [6.07, 6.45) is 6.64. The summed E-state index contributed by atoms with van der Waals surface area (Å²) in [6.45, 7) is 2.67. The van der Waals surface area contributed by atoms with Gasteiger partial charge in [0.2, 0.25) is 0 Å². The third-order valence-corrected chi connectivity index (χ3v) is 5.88. The van der Waals surface area contributed by atoms with Gasteiger partial charge in [-0.2, -0.15) is 5.26 Å². The summed E-state index contributed by atoms with van der Waals surface area (Å²) in [6, 6.07) is 15.3. The predicted molar refractivity (Wildman–Crippen MR) is 133 cm³/mol. The number of anilines is 1. The van der Waals surface area contributed by atoms with E-state index in [9.17, 15) is 23.0 Å². The second kappa shape index (κ2) is 12.1. The third-order valence-electron chi connectivity index (χ3n) is 5.03. The first-order valence-corrected chi connectivity index (χ1v) is 12.0. The average molecular weight is 497 g/mol. The molecule has 1 atom stereocenters. The number of likely N-dealkylation sites (N-methyl/N-ethyl adjacent to an activating group) is 1. The average Bonchev–Trinajstić information content (AvgIpc) is 3.24. The van der Waals surface area contributed by atoms with Crippen LogP contribution >= 0.6 is 0 Å². The van der Waals surface area contributed by atoms with Gasteiger partial charge in [-0.15, -0.1) is 0 Å². The summed E-state index contributed by atoms with van der Waals surface area (Å²) in [5, 5.41) is 9.28. The molecular formula is C25H28N4O5S. The van der Waals surface area contributed by atoms with Gasteiger partial charge in [0.1, 0.15) is 35.5 Å². The molecule has 2 aromatic carbocycles. The van der Waals surface area contributed by atoms with Gasteiger partial charge in [-0.25, -0.2) is 18.2 Å². The number of rotatable bonds is 7. The summed E-state index contributed by atoms with van der Waals surface area (Å²) in [5.41, 5.74) is 2.93. The number of esters is 1. The monoisotopic (exact) mass is 496 g/mol. The molecule has 0 fully saturated rings. The van der Waals surface area contributed by atoms with E-state index in [4.69, 9.17) is 4.74 Å². The van der Waals surface area contributed by atoms with Crippen LogP contribution in [-0.4, -0.2) is 64.1 Å². The van der Waals surface area contributed by atoms with Crippen LogP contribution in [-0.2, 0) is 19.6 Å². The summed E-state index contributed by atoms with van der Waals surface area (Å²) in [4.78, 5) is 17.7. The number of aryl methyl sites for hydroxylation is 1. The molecule has 2 aromatic rings. The van der Waals surface area contributed by atoms with Gasteiger partial charge in [0.15, 0.2) is 6.34 Å². The highest BCUT2D eigenvalue weighted by Crippen LogP contribution is 2.18. The fourth-order valence-corrected chi connectivity index (χ4v) is 3.35. The first kappa shape index (κ1) is 27.5. The molecule has 0 spiro atoms. The number of ether oxygens (including phenoxy) is 1. The number of hydrogen-bond donors (Lipinski definition) is 0. The number of quaternary nitrogens is 1. The van der Waals surface area contributed by atoms with Crippen molar-refractivity contribution in [3.63, 3.8) is 0 Å². The number of aliphatic imine (C=N–C) groups is 1. The lowest BCUT2D eigenvalue weighted by Gasteiger charge is -2.20. The molecule has 0 aromatic heterocycles. The molecule has 35 heavy (non-hydrogen) atoms. The second-order valence-electron chi connectivity index (χ2n) is 8.18. The van der Waals surface area contributed by atoms with Crippen molar-refractivity contribution < 1.29 is 27.0 Å². The molecule has 0 N–H and O–H groups in total. The van der Waals surface area contributed by atoms with Crippen LogP contribution in [0.3, 0.4) is 0 Å². The zero-order valence-corrected chi connectivity index (χ0v) is 20.9. The van der Waals surface area contributed by atoms with Crippen molar-refractivity contribution in [1.82, 2.24) is 0 Å². The molecule has 0 aliphatic carbocycles. The maximum Gasteiger partial charge on any atom is 0.332 e. The Morgan fingerprint density at radius 2 is 1.80 bits per heavy atom. The number of carbonyl (C=O) groups is 1. The van der Waals surface area contributed by atoms with E-state index in [2.05, 4.69) is 4.99 Å². The molecule has 9 nitrogen and oxygen atoms in total. The van der Waals surface area contributed by atoms with E-state index in [1.807, 2.05) is 69.5 Å². The fourth-order valence-electron chi connectivity index (χ4n) is 2.88. The Morgan fingerprint density at radius 1 is 1.17 bits per heavy atom. The molecule has 1 aliphatic rings. The Bertz CT molecular complexity index is 1240. The maximum atomic E-state index is 11.9. The highest BCUT2D eigenvalue weighted by atomic mass is 32.2. The number of allylic oxidation sites excluding steroid dienone is 1. The van der Waals surface area contributed by atoms with Crippen molar-refractivity contribution in [1.29, 1.82) is 5.26 Å². The van der Waals surface area contributed by atoms with E-state index >= 15 is 0 Å². The van der Waals surface area contributed by atoms with Gasteiger partial charge in [0, 0.05) is 25.9 Å². The van der Waals surface area contributed by atoms with Gasteiger partial charge in [-0.05, 0) is 36.8 Å². The zero-order valence-electron chi connectivity index (χ0n) is 20.1. The minimum atomic E-state index is -4.27. The van der Waals surface area contributed by atoms with Crippen molar-refractivity contribution >= 4 is 33.7 Å². The van der Waals surface area contributed by atoms with Crippen LogP contribution in [0.4, 0.5) is 5.69 Å². The highest BCUT2D eigenvalue weighted by Gasteiger charge is 2.19. The minimum absolute atomic E-state index is 0.178. The highest BCUT2D eigenvalue weighted by molar-refractivity contribution is 7.85. The van der Waals surface area contributed by atoms with Gasteiger partial charge in [-0.1, -0.05) is 29.8 Å². The molecule has 3 rings (SSSR count). The third kappa shape index (κ3) is 8.83. The quantitative estimate of drug-likeness (QED) is 0.190. The van der Waals surface area contributed by atoms with Crippen LogP contribution in [0.5, 0.6) is 0 Å². The van der Waals surface area contributed by atoms with E-state index in [1.165, 1.54) is 18.2 Å². The SMILES string of the molecule is CN(C)c1ccc(/C(C#N)=C/C(=O)OCC[N+]2(C)C=CN=C2)cc1.Cc1ccc(S(=O)(=O)[O-])cc1. The predicted octanol–water partition coefficient (Wildman–Crippen LogP) is 3.06. The standard InChI is InChI=1S/C18H21N4O2.C7H8O3S/c1-21(2)17-6-4-15(5-7-17)16(13-19)12-18(23)24-11-10-22(3)9-8-20-14-22;1-6-2-4-7(5-3-6)11(8,9)10/h4-9,12,14H,10-11H2,1-3H3;2-5H,1H3,(H,8,9,10)/q+1;/p-1/b16-12+;. The van der Waals surface area contributed by atoms with Crippen molar-refractivity contribution in [2.75, 3.05) is 39.2 Å². The van der Waals surface area contributed by atoms with E-state index in [0.29, 0.717) is 16.6 Å². The van der Waals surface area contributed by atoms with Gasteiger partial charge in [0.05, 0.1) is 23.7 Å². The lowest BCUT2D eigenvalue weighted by molar-refractivity contribution is -0.756. The smallest absolute Gasteiger partial charge is 0.332 e. The lowest BCUT2D eigenvalue weighted by atomic mass is 10.1. The number of benzene rings is 2. The molecular weight excluding hydrogens is 468 g/mol. The Kier molecular flexibility index (Phi) is 9.48.